The first-order valence-corrected chi connectivity index (χ1v) is 12.7. The normalized spacial score (nSPS) is 15.1. The predicted octanol–water partition coefficient (Wildman–Crippen LogP) is 3.21. The second kappa shape index (κ2) is 10.9. The third kappa shape index (κ3) is 5.74. The molecule has 202 valence electrons. The predicted molar refractivity (Wildman–Crippen MR) is 145 cm³/mol. The van der Waals surface area contributed by atoms with Crippen LogP contribution in [0.4, 0.5) is 11.4 Å². The number of aliphatic carboxylic acids is 1. The molecule has 3 aromatic rings. The van der Waals surface area contributed by atoms with Crippen molar-refractivity contribution in [2.75, 3.05) is 43.6 Å². The molecule has 5 rings (SSSR count). The molecule has 0 bridgehead atoms. The lowest BCUT2D eigenvalue weighted by Crippen LogP contribution is -2.49. The summed E-state index contributed by atoms with van der Waals surface area (Å²) in [6.45, 7) is 4.30. The quantitative estimate of drug-likeness (QED) is 0.397. The fourth-order valence-corrected chi connectivity index (χ4v) is 4.81. The van der Waals surface area contributed by atoms with Crippen LogP contribution in [0.2, 0.25) is 0 Å². The third-order valence-corrected chi connectivity index (χ3v) is 6.98. The van der Waals surface area contributed by atoms with Crippen LogP contribution in [0.3, 0.4) is 0 Å². The third-order valence-electron chi connectivity index (χ3n) is 6.98. The van der Waals surface area contributed by atoms with Crippen LogP contribution in [-0.4, -0.2) is 60.8 Å². The van der Waals surface area contributed by atoms with E-state index in [1.165, 1.54) is 0 Å². The van der Waals surface area contributed by atoms with Crippen LogP contribution >= 0.6 is 0 Å². The van der Waals surface area contributed by atoms with Crippen LogP contribution in [0, 0.1) is 6.92 Å². The van der Waals surface area contributed by atoms with Crippen molar-refractivity contribution in [2.45, 2.75) is 19.4 Å². The van der Waals surface area contributed by atoms with Crippen LogP contribution in [-0.2, 0) is 4.79 Å². The zero-order valence-corrected chi connectivity index (χ0v) is 21.6. The number of carboxylic acids is 1. The maximum atomic E-state index is 13.0. The molecule has 0 aliphatic carbocycles. The molecule has 2 aliphatic rings. The van der Waals surface area contributed by atoms with Crippen molar-refractivity contribution in [1.29, 1.82) is 0 Å². The minimum Gasteiger partial charge on any atom is -0.481 e. The first-order chi connectivity index (χ1) is 18.8. The van der Waals surface area contributed by atoms with E-state index in [1.54, 1.807) is 41.3 Å². The molecule has 0 radical (unpaired) electrons. The number of amides is 2. The Balaban J connectivity index is 1.22. The monoisotopic (exact) mass is 530 g/mol. The van der Waals surface area contributed by atoms with Gasteiger partial charge in [0.25, 0.3) is 11.8 Å². The van der Waals surface area contributed by atoms with Crippen molar-refractivity contribution in [1.82, 2.24) is 10.2 Å². The number of ether oxygens (including phenoxy) is 2. The van der Waals surface area contributed by atoms with E-state index in [0.29, 0.717) is 60.1 Å². The summed E-state index contributed by atoms with van der Waals surface area (Å²) in [4.78, 5) is 41.3. The number of nitrogen functional groups attached to an aromatic ring is 1. The molecule has 2 aliphatic heterocycles. The van der Waals surface area contributed by atoms with Crippen molar-refractivity contribution in [3.8, 4) is 11.5 Å². The van der Waals surface area contributed by atoms with Crippen LogP contribution in [0.15, 0.2) is 60.7 Å². The van der Waals surface area contributed by atoms with Gasteiger partial charge in [-0.25, -0.2) is 0 Å². The number of piperazine rings is 1. The van der Waals surface area contributed by atoms with E-state index < -0.39 is 17.9 Å². The molecular formula is C29H30N4O6. The molecule has 1 unspecified atom stereocenters. The Kier molecular flexibility index (Phi) is 7.27. The van der Waals surface area contributed by atoms with Gasteiger partial charge in [0.05, 0.1) is 23.8 Å². The van der Waals surface area contributed by atoms with Gasteiger partial charge in [-0.15, -0.1) is 0 Å². The number of nitrogens with one attached hydrogen (secondary N) is 1. The number of nitrogens with two attached hydrogens (primary N) is 1. The Morgan fingerprint density at radius 3 is 2.31 bits per heavy atom. The number of carboxylic acid groups (broad SMARTS) is 1. The average Bonchev–Trinajstić information content (AvgIpc) is 3.40. The first-order valence-electron chi connectivity index (χ1n) is 12.7. The fourth-order valence-electron chi connectivity index (χ4n) is 4.81. The van der Waals surface area contributed by atoms with Crippen molar-refractivity contribution in [3.05, 3.63) is 82.9 Å². The highest BCUT2D eigenvalue weighted by atomic mass is 16.7. The molecular weight excluding hydrogens is 500 g/mol. The van der Waals surface area contributed by atoms with E-state index in [-0.39, 0.29) is 19.1 Å². The van der Waals surface area contributed by atoms with Gasteiger partial charge in [-0.1, -0.05) is 29.8 Å². The van der Waals surface area contributed by atoms with Gasteiger partial charge >= 0.3 is 5.97 Å². The van der Waals surface area contributed by atoms with E-state index in [1.807, 2.05) is 31.2 Å². The summed E-state index contributed by atoms with van der Waals surface area (Å²) in [5.74, 6) is -0.274. The molecule has 1 atom stereocenters. The topological polar surface area (TPSA) is 134 Å². The number of anilines is 2. The first kappa shape index (κ1) is 25.9. The minimum absolute atomic E-state index is 0.0718. The molecule has 2 amide bonds. The largest absolute Gasteiger partial charge is 0.481 e. The maximum Gasteiger partial charge on any atom is 0.305 e. The number of hydrogen-bond acceptors (Lipinski definition) is 7. The van der Waals surface area contributed by atoms with E-state index in [9.17, 15) is 19.5 Å². The molecule has 0 aromatic heterocycles. The average molecular weight is 531 g/mol. The summed E-state index contributed by atoms with van der Waals surface area (Å²) >= 11 is 0. The Hall–Kier alpha value is -4.73. The van der Waals surface area contributed by atoms with Crippen molar-refractivity contribution >= 4 is 29.2 Å². The van der Waals surface area contributed by atoms with Crippen molar-refractivity contribution in [2.24, 2.45) is 0 Å². The van der Waals surface area contributed by atoms with Gasteiger partial charge in [-0.2, -0.15) is 0 Å². The number of hydrogen-bond donors (Lipinski definition) is 3. The van der Waals surface area contributed by atoms with Crippen LogP contribution < -0.4 is 25.4 Å². The molecule has 10 heteroatoms. The Bertz CT molecular complexity index is 1400. The smallest absolute Gasteiger partial charge is 0.305 e. The molecule has 0 saturated carbocycles. The maximum absolute atomic E-state index is 13.0. The van der Waals surface area contributed by atoms with Gasteiger partial charge < -0.3 is 35.4 Å². The number of fused-ring (bicyclic) bond motifs is 1. The summed E-state index contributed by atoms with van der Waals surface area (Å²) in [5.41, 5.74) is 10.2. The second-order valence-electron chi connectivity index (χ2n) is 9.66. The van der Waals surface area contributed by atoms with E-state index in [2.05, 4.69) is 10.2 Å². The highest BCUT2D eigenvalue weighted by Crippen LogP contribution is 2.33. The standard InChI is InChI=1S/C29H30N4O6/c1-18-2-4-19(5-3-18)23(16-27(34)35)31-28(36)20-6-8-24(22(30)14-20)32-10-12-33(13-11-32)29(37)21-7-9-25-26(15-21)39-17-38-25/h2-9,14-15,23H,10-13,16-17,30H2,1H3,(H,31,36)(H,34,35). The fraction of sp³-hybridized carbons (Fsp3) is 0.276. The number of benzene rings is 3. The lowest BCUT2D eigenvalue weighted by Gasteiger charge is -2.36. The molecule has 39 heavy (non-hydrogen) atoms. The van der Waals surface area contributed by atoms with Gasteiger partial charge in [0.2, 0.25) is 6.79 Å². The van der Waals surface area contributed by atoms with Gasteiger partial charge in [-0.05, 0) is 48.9 Å². The Morgan fingerprint density at radius 2 is 1.62 bits per heavy atom. The summed E-state index contributed by atoms with van der Waals surface area (Å²) in [5, 5.41) is 12.2. The van der Waals surface area contributed by atoms with Crippen LogP contribution in [0.25, 0.3) is 0 Å². The highest BCUT2D eigenvalue weighted by molar-refractivity contribution is 5.97. The molecule has 2 heterocycles. The molecule has 0 spiro atoms. The molecule has 4 N–H and O–H groups in total. The lowest BCUT2D eigenvalue weighted by atomic mass is 10.0. The van der Waals surface area contributed by atoms with Crippen LogP contribution in [0.1, 0.15) is 44.3 Å². The number of carbonyl (C=O) groups excluding carboxylic acids is 2. The van der Waals surface area contributed by atoms with Crippen molar-refractivity contribution < 1.29 is 29.0 Å². The number of nitrogens with zero attached hydrogens (tertiary/aromatic N) is 2. The molecule has 10 nitrogen and oxygen atoms in total. The lowest BCUT2D eigenvalue weighted by molar-refractivity contribution is -0.137. The van der Waals surface area contributed by atoms with Gasteiger partial charge in [-0.3, -0.25) is 14.4 Å². The van der Waals surface area contributed by atoms with E-state index >= 15 is 0 Å². The second-order valence-corrected chi connectivity index (χ2v) is 9.66. The molecule has 3 aromatic carbocycles. The van der Waals surface area contributed by atoms with Gasteiger partial charge in [0, 0.05) is 37.3 Å². The number of aryl methyl sites for hydroxylation is 1. The van der Waals surface area contributed by atoms with E-state index in [0.717, 1.165) is 11.3 Å². The zero-order valence-electron chi connectivity index (χ0n) is 21.6. The summed E-state index contributed by atoms with van der Waals surface area (Å²) in [7, 11) is 0. The van der Waals surface area contributed by atoms with Gasteiger partial charge in [0.15, 0.2) is 11.5 Å². The summed E-state index contributed by atoms with van der Waals surface area (Å²) < 4.78 is 10.7. The highest BCUT2D eigenvalue weighted by Gasteiger charge is 2.26. The Labute approximate surface area is 225 Å². The van der Waals surface area contributed by atoms with E-state index in [4.69, 9.17) is 15.2 Å². The molecule has 1 fully saturated rings. The number of rotatable bonds is 7. The zero-order chi connectivity index (χ0) is 27.5. The summed E-state index contributed by atoms with van der Waals surface area (Å²) in [6, 6.07) is 17.0. The minimum atomic E-state index is -1.01. The SMILES string of the molecule is Cc1ccc(C(CC(=O)O)NC(=O)c2ccc(N3CCN(C(=O)c4ccc5c(c4)OCO5)CC3)c(N)c2)cc1. The van der Waals surface area contributed by atoms with Gasteiger partial charge in [0.1, 0.15) is 0 Å². The molecule has 1 saturated heterocycles. The summed E-state index contributed by atoms with van der Waals surface area (Å²) in [6.07, 6.45) is -0.238. The number of carbonyl (C=O) groups is 3. The Morgan fingerprint density at radius 1 is 0.923 bits per heavy atom. The van der Waals surface area contributed by atoms with Crippen molar-refractivity contribution in [3.63, 3.8) is 0 Å². The van der Waals surface area contributed by atoms with Crippen LogP contribution in [0.5, 0.6) is 11.5 Å².